The first-order chi connectivity index (χ1) is 15.3. The average molecular weight is 455 g/mol. The Hall–Kier alpha value is -3.09. The summed E-state index contributed by atoms with van der Waals surface area (Å²) in [5, 5.41) is 11.6. The number of ketones is 1. The van der Waals surface area contributed by atoms with E-state index in [4.69, 9.17) is 16.3 Å². The van der Waals surface area contributed by atoms with E-state index in [2.05, 4.69) is 6.58 Å². The zero-order valence-corrected chi connectivity index (χ0v) is 19.0. The average Bonchev–Trinajstić information content (AvgIpc) is 3.03. The van der Waals surface area contributed by atoms with Crippen LogP contribution in [-0.4, -0.2) is 60.4 Å². The van der Waals surface area contributed by atoms with Crippen LogP contribution in [0.2, 0.25) is 5.02 Å². The van der Waals surface area contributed by atoms with Crippen LogP contribution in [0, 0.1) is 0 Å². The van der Waals surface area contributed by atoms with E-state index in [1.165, 1.54) is 4.90 Å². The van der Waals surface area contributed by atoms with Gasteiger partial charge in [0.15, 0.2) is 0 Å². The fourth-order valence-corrected chi connectivity index (χ4v) is 3.81. The van der Waals surface area contributed by atoms with Crippen LogP contribution in [0.5, 0.6) is 5.75 Å². The van der Waals surface area contributed by atoms with E-state index in [0.29, 0.717) is 41.5 Å². The topological polar surface area (TPSA) is 70.1 Å². The molecule has 2 aromatic carbocycles. The molecule has 32 heavy (non-hydrogen) atoms. The standard InChI is InChI=1S/C25H27ClN2O4/c1-4-16-32-20-12-8-18(9-13-20)23(29)21-22(17-6-10-19(26)11-7-17)28(25(31)24(21)30)15-5-14-27(2)3/h4,6-13,22,29H,1,5,14-16H2,2-3H3/t22-/m1/s1. The van der Waals surface area contributed by atoms with Gasteiger partial charge in [-0.15, -0.1) is 0 Å². The molecule has 0 saturated carbocycles. The maximum atomic E-state index is 13.0. The molecule has 2 aromatic rings. The molecular weight excluding hydrogens is 428 g/mol. The molecule has 1 fully saturated rings. The summed E-state index contributed by atoms with van der Waals surface area (Å²) in [6.07, 6.45) is 2.33. The predicted octanol–water partition coefficient (Wildman–Crippen LogP) is 4.28. The molecule has 168 valence electrons. The lowest BCUT2D eigenvalue weighted by molar-refractivity contribution is -0.139. The first kappa shape index (κ1) is 23.6. The quantitative estimate of drug-likeness (QED) is 0.265. The lowest BCUT2D eigenvalue weighted by atomic mass is 9.95. The van der Waals surface area contributed by atoms with E-state index in [-0.39, 0.29) is 11.3 Å². The third-order valence-electron chi connectivity index (χ3n) is 5.23. The number of Topliss-reactive ketones (excluding diaryl/α,β-unsaturated/α-hetero) is 1. The normalized spacial score (nSPS) is 17.8. The molecule has 0 aromatic heterocycles. The number of carbonyl (C=O) groups is 2. The summed E-state index contributed by atoms with van der Waals surface area (Å²) in [4.78, 5) is 29.5. The number of aliphatic hydroxyl groups excluding tert-OH is 1. The van der Waals surface area contributed by atoms with Crippen LogP contribution >= 0.6 is 11.6 Å². The number of aliphatic hydroxyl groups is 1. The molecule has 0 aliphatic carbocycles. The van der Waals surface area contributed by atoms with Gasteiger partial charge in [0.1, 0.15) is 18.1 Å². The number of likely N-dealkylation sites (tertiary alicyclic amines) is 1. The van der Waals surface area contributed by atoms with Crippen molar-refractivity contribution in [3.8, 4) is 5.75 Å². The van der Waals surface area contributed by atoms with Gasteiger partial charge < -0.3 is 19.6 Å². The molecule has 1 saturated heterocycles. The molecule has 1 heterocycles. The Morgan fingerprint density at radius 1 is 1.16 bits per heavy atom. The van der Waals surface area contributed by atoms with Crippen molar-refractivity contribution >= 4 is 29.1 Å². The number of hydrogen-bond acceptors (Lipinski definition) is 5. The highest BCUT2D eigenvalue weighted by atomic mass is 35.5. The van der Waals surface area contributed by atoms with Crippen molar-refractivity contribution in [2.24, 2.45) is 0 Å². The van der Waals surface area contributed by atoms with Crippen LogP contribution in [0.4, 0.5) is 0 Å². The number of hydrogen-bond donors (Lipinski definition) is 1. The van der Waals surface area contributed by atoms with Crippen LogP contribution in [0.1, 0.15) is 23.6 Å². The minimum atomic E-state index is -0.695. The van der Waals surface area contributed by atoms with E-state index in [0.717, 1.165) is 6.54 Å². The van der Waals surface area contributed by atoms with Gasteiger partial charge in [0, 0.05) is 17.1 Å². The molecule has 6 nitrogen and oxygen atoms in total. The molecule has 0 bridgehead atoms. The Labute approximate surface area is 193 Å². The maximum absolute atomic E-state index is 13.0. The van der Waals surface area contributed by atoms with Crippen molar-refractivity contribution in [1.29, 1.82) is 0 Å². The first-order valence-corrected chi connectivity index (χ1v) is 10.7. The van der Waals surface area contributed by atoms with Crippen molar-refractivity contribution in [2.75, 3.05) is 33.8 Å². The largest absolute Gasteiger partial charge is 0.507 e. The highest BCUT2D eigenvalue weighted by molar-refractivity contribution is 6.46. The molecule has 1 aliphatic rings. The summed E-state index contributed by atoms with van der Waals surface area (Å²) in [6.45, 7) is 5.13. The van der Waals surface area contributed by atoms with Gasteiger partial charge in [-0.3, -0.25) is 9.59 Å². The van der Waals surface area contributed by atoms with Gasteiger partial charge in [-0.05, 0) is 69.0 Å². The highest BCUT2D eigenvalue weighted by Gasteiger charge is 2.45. The number of ether oxygens (including phenoxy) is 1. The van der Waals surface area contributed by atoms with E-state index < -0.39 is 17.7 Å². The zero-order valence-electron chi connectivity index (χ0n) is 18.3. The van der Waals surface area contributed by atoms with Crippen LogP contribution < -0.4 is 4.74 Å². The summed E-state index contributed by atoms with van der Waals surface area (Å²) < 4.78 is 5.47. The smallest absolute Gasteiger partial charge is 0.295 e. The van der Waals surface area contributed by atoms with Gasteiger partial charge in [-0.25, -0.2) is 0 Å². The number of halogens is 1. The summed E-state index contributed by atoms with van der Waals surface area (Å²) in [5.74, 6) is -0.913. The summed E-state index contributed by atoms with van der Waals surface area (Å²) in [7, 11) is 3.90. The summed E-state index contributed by atoms with van der Waals surface area (Å²) in [5.41, 5.74) is 1.22. The minimum absolute atomic E-state index is 0.0712. The predicted molar refractivity (Wildman–Crippen MR) is 126 cm³/mol. The molecule has 0 radical (unpaired) electrons. The van der Waals surface area contributed by atoms with Crippen LogP contribution in [-0.2, 0) is 9.59 Å². The summed E-state index contributed by atoms with van der Waals surface area (Å²) in [6, 6.07) is 13.0. The number of carbonyl (C=O) groups excluding carboxylic acids is 2. The molecule has 0 spiro atoms. The molecule has 1 aliphatic heterocycles. The third-order valence-corrected chi connectivity index (χ3v) is 5.48. The molecule has 7 heteroatoms. The van der Waals surface area contributed by atoms with E-state index in [9.17, 15) is 14.7 Å². The molecule has 1 atom stereocenters. The number of nitrogens with zero attached hydrogens (tertiary/aromatic N) is 2. The lowest BCUT2D eigenvalue weighted by Crippen LogP contribution is -2.32. The second-order valence-electron chi connectivity index (χ2n) is 7.82. The van der Waals surface area contributed by atoms with Gasteiger partial charge in [0.25, 0.3) is 11.7 Å². The molecule has 1 N–H and O–H groups in total. The van der Waals surface area contributed by atoms with Crippen molar-refractivity contribution in [3.05, 3.63) is 82.9 Å². The number of benzene rings is 2. The molecular formula is C25H27ClN2O4. The van der Waals surface area contributed by atoms with Gasteiger partial charge in [0.05, 0.1) is 11.6 Å². The third kappa shape index (κ3) is 5.21. The maximum Gasteiger partial charge on any atom is 0.295 e. The lowest BCUT2D eigenvalue weighted by Gasteiger charge is -2.26. The van der Waals surface area contributed by atoms with Crippen molar-refractivity contribution in [1.82, 2.24) is 9.80 Å². The highest BCUT2D eigenvalue weighted by Crippen LogP contribution is 2.39. The second kappa shape index (κ2) is 10.5. The fourth-order valence-electron chi connectivity index (χ4n) is 3.68. The number of rotatable bonds is 9. The molecule has 1 amide bonds. The van der Waals surface area contributed by atoms with Gasteiger partial charge in [0.2, 0.25) is 0 Å². The minimum Gasteiger partial charge on any atom is -0.507 e. The Morgan fingerprint density at radius 3 is 2.41 bits per heavy atom. The van der Waals surface area contributed by atoms with E-state index in [1.807, 2.05) is 19.0 Å². The van der Waals surface area contributed by atoms with Crippen molar-refractivity contribution < 1.29 is 19.4 Å². The Bertz CT molecular complexity index is 1010. The van der Waals surface area contributed by atoms with Gasteiger partial charge >= 0.3 is 0 Å². The SMILES string of the molecule is C=CCOc1ccc(C(O)=C2C(=O)C(=O)N(CCCN(C)C)[C@@H]2c2ccc(Cl)cc2)cc1. The fraction of sp³-hybridized carbons (Fsp3) is 0.280. The Morgan fingerprint density at radius 2 is 1.81 bits per heavy atom. The van der Waals surface area contributed by atoms with Gasteiger partial charge in [-0.1, -0.05) is 36.4 Å². The Balaban J connectivity index is 2.02. The van der Waals surface area contributed by atoms with E-state index >= 15 is 0 Å². The Kier molecular flexibility index (Phi) is 7.72. The van der Waals surface area contributed by atoms with Crippen LogP contribution in [0.25, 0.3) is 5.76 Å². The second-order valence-corrected chi connectivity index (χ2v) is 8.26. The monoisotopic (exact) mass is 454 g/mol. The van der Waals surface area contributed by atoms with Crippen molar-refractivity contribution in [3.63, 3.8) is 0 Å². The van der Waals surface area contributed by atoms with Crippen LogP contribution in [0.15, 0.2) is 66.8 Å². The zero-order chi connectivity index (χ0) is 23.3. The van der Waals surface area contributed by atoms with Crippen molar-refractivity contribution in [2.45, 2.75) is 12.5 Å². The molecule has 3 rings (SSSR count). The van der Waals surface area contributed by atoms with E-state index in [1.54, 1.807) is 54.6 Å². The van der Waals surface area contributed by atoms with Crippen LogP contribution in [0.3, 0.4) is 0 Å². The first-order valence-electron chi connectivity index (χ1n) is 10.4. The summed E-state index contributed by atoms with van der Waals surface area (Å²) >= 11 is 6.04. The number of amides is 1. The molecule has 0 unspecified atom stereocenters. The van der Waals surface area contributed by atoms with Gasteiger partial charge in [-0.2, -0.15) is 0 Å².